The van der Waals surface area contributed by atoms with Crippen LogP contribution in [0.15, 0.2) is 30.5 Å². The maximum absolute atomic E-state index is 12.5. The van der Waals surface area contributed by atoms with E-state index in [9.17, 15) is 14.7 Å². The van der Waals surface area contributed by atoms with Crippen LogP contribution in [0.1, 0.15) is 44.6 Å². The van der Waals surface area contributed by atoms with Crippen molar-refractivity contribution in [3.05, 3.63) is 36.0 Å². The van der Waals surface area contributed by atoms with Crippen molar-refractivity contribution in [2.24, 2.45) is 0 Å². The molecular weight excluding hydrogens is 304 g/mol. The molecule has 5 nitrogen and oxygen atoms in total. The molecule has 0 aliphatic heterocycles. The van der Waals surface area contributed by atoms with E-state index < -0.39 is 11.5 Å². The topological polar surface area (TPSA) is 71.3 Å². The Labute approximate surface area is 141 Å². The monoisotopic (exact) mass is 328 g/mol. The second-order valence-corrected chi connectivity index (χ2v) is 6.63. The van der Waals surface area contributed by atoms with E-state index in [1.807, 2.05) is 30.5 Å². The molecule has 1 aliphatic rings. The van der Waals surface area contributed by atoms with Gasteiger partial charge >= 0.3 is 5.97 Å². The molecule has 0 spiro atoms. The highest BCUT2D eigenvalue weighted by molar-refractivity contribution is 5.92. The average molecular weight is 328 g/mol. The Morgan fingerprint density at radius 3 is 2.58 bits per heavy atom. The fourth-order valence-corrected chi connectivity index (χ4v) is 3.76. The Morgan fingerprint density at radius 2 is 1.92 bits per heavy atom. The molecule has 0 bridgehead atoms. The number of carbonyl (C=O) groups is 2. The Balaban J connectivity index is 1.81. The summed E-state index contributed by atoms with van der Waals surface area (Å²) in [7, 11) is 0. The van der Waals surface area contributed by atoms with E-state index >= 15 is 0 Å². The minimum atomic E-state index is -1.08. The zero-order chi connectivity index (χ0) is 17.2. The van der Waals surface area contributed by atoms with Gasteiger partial charge in [-0.3, -0.25) is 4.79 Å². The van der Waals surface area contributed by atoms with Gasteiger partial charge in [0.2, 0.25) is 5.91 Å². The van der Waals surface area contributed by atoms with Gasteiger partial charge < -0.3 is 15.0 Å². The molecule has 3 rings (SSSR count). The quantitative estimate of drug-likeness (QED) is 0.886. The van der Waals surface area contributed by atoms with Crippen molar-refractivity contribution in [3.8, 4) is 0 Å². The molecule has 128 valence electrons. The Morgan fingerprint density at radius 1 is 1.21 bits per heavy atom. The van der Waals surface area contributed by atoms with Crippen molar-refractivity contribution in [3.63, 3.8) is 0 Å². The van der Waals surface area contributed by atoms with Crippen molar-refractivity contribution in [2.45, 2.75) is 57.5 Å². The standard InChI is InChI=1S/C19H24N2O3/c1-2-21-13-14(15-8-4-5-9-16(15)21)12-17(22)20-19(18(23)24)10-6-3-7-11-19/h4-5,8-9,13H,2-3,6-7,10-12H2,1H3,(H,20,22)(H,23,24). The molecule has 2 N–H and O–H groups in total. The summed E-state index contributed by atoms with van der Waals surface area (Å²) < 4.78 is 2.12. The largest absolute Gasteiger partial charge is 0.480 e. The number of nitrogens with zero attached hydrogens (tertiary/aromatic N) is 1. The lowest BCUT2D eigenvalue weighted by Gasteiger charge is -2.34. The third kappa shape index (κ3) is 3.03. The van der Waals surface area contributed by atoms with Gasteiger partial charge in [0, 0.05) is 23.6 Å². The summed E-state index contributed by atoms with van der Waals surface area (Å²) in [5.74, 6) is -1.12. The van der Waals surface area contributed by atoms with Crippen LogP contribution in [0.25, 0.3) is 10.9 Å². The molecule has 2 aromatic rings. The van der Waals surface area contributed by atoms with Gasteiger partial charge in [0.1, 0.15) is 5.54 Å². The van der Waals surface area contributed by atoms with Crippen molar-refractivity contribution < 1.29 is 14.7 Å². The molecule has 0 radical (unpaired) electrons. The number of aliphatic carboxylic acids is 1. The van der Waals surface area contributed by atoms with E-state index in [1.54, 1.807) is 0 Å². The lowest BCUT2D eigenvalue weighted by molar-refractivity contribution is -0.149. The lowest BCUT2D eigenvalue weighted by Crippen LogP contribution is -2.55. The fraction of sp³-hybridized carbons (Fsp3) is 0.474. The molecule has 1 heterocycles. The minimum Gasteiger partial charge on any atom is -0.480 e. The summed E-state index contributed by atoms with van der Waals surface area (Å²) in [6.45, 7) is 2.90. The van der Waals surface area contributed by atoms with E-state index in [2.05, 4.69) is 16.8 Å². The summed E-state index contributed by atoms with van der Waals surface area (Å²) in [6, 6.07) is 8.00. The van der Waals surface area contributed by atoms with Crippen molar-refractivity contribution >= 4 is 22.8 Å². The molecule has 1 aliphatic carbocycles. The third-order valence-electron chi connectivity index (χ3n) is 5.06. The van der Waals surface area contributed by atoms with Gasteiger partial charge in [0.25, 0.3) is 0 Å². The van der Waals surface area contributed by atoms with Crippen molar-refractivity contribution in [1.29, 1.82) is 0 Å². The summed E-state index contributed by atoms with van der Waals surface area (Å²) >= 11 is 0. The lowest BCUT2D eigenvalue weighted by atomic mass is 9.81. The number of aryl methyl sites for hydroxylation is 1. The van der Waals surface area contributed by atoms with Crippen LogP contribution in [-0.4, -0.2) is 27.1 Å². The van der Waals surface area contributed by atoms with Gasteiger partial charge in [-0.1, -0.05) is 37.5 Å². The van der Waals surface area contributed by atoms with Crippen LogP contribution in [0.4, 0.5) is 0 Å². The molecule has 1 aromatic carbocycles. The molecule has 24 heavy (non-hydrogen) atoms. The number of nitrogens with one attached hydrogen (secondary N) is 1. The summed E-state index contributed by atoms with van der Waals surface area (Å²) in [4.78, 5) is 24.3. The second kappa shape index (κ2) is 6.67. The Kier molecular flexibility index (Phi) is 4.60. The van der Waals surface area contributed by atoms with Crippen LogP contribution >= 0.6 is 0 Å². The first-order valence-corrected chi connectivity index (χ1v) is 8.67. The van der Waals surface area contributed by atoms with Crippen LogP contribution in [0.5, 0.6) is 0 Å². The van der Waals surface area contributed by atoms with Gasteiger partial charge in [-0.25, -0.2) is 4.79 Å². The molecule has 1 amide bonds. The zero-order valence-corrected chi connectivity index (χ0v) is 14.0. The highest BCUT2D eigenvalue weighted by atomic mass is 16.4. The molecule has 5 heteroatoms. The fourth-order valence-electron chi connectivity index (χ4n) is 3.76. The number of aromatic nitrogens is 1. The second-order valence-electron chi connectivity index (χ2n) is 6.63. The number of para-hydroxylation sites is 1. The highest BCUT2D eigenvalue weighted by Gasteiger charge is 2.40. The molecule has 1 aromatic heterocycles. The average Bonchev–Trinajstić information content (AvgIpc) is 2.93. The third-order valence-corrected chi connectivity index (χ3v) is 5.06. The van der Waals surface area contributed by atoms with Gasteiger partial charge in [0.05, 0.1) is 6.42 Å². The van der Waals surface area contributed by atoms with Gasteiger partial charge in [-0.15, -0.1) is 0 Å². The van der Waals surface area contributed by atoms with E-state index in [0.717, 1.165) is 42.3 Å². The predicted molar refractivity (Wildman–Crippen MR) is 92.9 cm³/mol. The van der Waals surface area contributed by atoms with Crippen LogP contribution in [0.2, 0.25) is 0 Å². The Bertz CT molecular complexity index is 757. The van der Waals surface area contributed by atoms with Crippen LogP contribution in [0, 0.1) is 0 Å². The normalized spacial score (nSPS) is 16.9. The molecule has 1 saturated carbocycles. The zero-order valence-electron chi connectivity index (χ0n) is 14.0. The maximum atomic E-state index is 12.5. The predicted octanol–water partition coefficient (Wildman–Crippen LogP) is 3.11. The molecule has 0 atom stereocenters. The first-order valence-electron chi connectivity index (χ1n) is 8.67. The van der Waals surface area contributed by atoms with Crippen molar-refractivity contribution in [1.82, 2.24) is 9.88 Å². The highest BCUT2D eigenvalue weighted by Crippen LogP contribution is 2.29. The number of carbonyl (C=O) groups excluding carboxylic acids is 1. The van der Waals surface area contributed by atoms with Gasteiger partial charge in [-0.2, -0.15) is 0 Å². The summed E-state index contributed by atoms with van der Waals surface area (Å²) in [5.41, 5.74) is 0.966. The number of fused-ring (bicyclic) bond motifs is 1. The Hall–Kier alpha value is -2.30. The number of amides is 1. The molecule has 1 fully saturated rings. The number of hydrogen-bond acceptors (Lipinski definition) is 2. The summed E-state index contributed by atoms with van der Waals surface area (Å²) in [5, 5.41) is 13.5. The maximum Gasteiger partial charge on any atom is 0.329 e. The SMILES string of the molecule is CCn1cc(CC(=O)NC2(C(=O)O)CCCCC2)c2ccccc21. The number of hydrogen-bond donors (Lipinski definition) is 2. The van der Waals surface area contributed by atoms with Gasteiger partial charge in [0.15, 0.2) is 0 Å². The van der Waals surface area contributed by atoms with Crippen LogP contribution in [0.3, 0.4) is 0 Å². The first-order chi connectivity index (χ1) is 11.6. The number of rotatable bonds is 5. The number of carboxylic acids is 1. The van der Waals surface area contributed by atoms with Crippen LogP contribution in [-0.2, 0) is 22.6 Å². The van der Waals surface area contributed by atoms with Crippen molar-refractivity contribution in [2.75, 3.05) is 0 Å². The first kappa shape index (κ1) is 16.6. The molecular formula is C19H24N2O3. The summed E-state index contributed by atoms with van der Waals surface area (Å²) in [6.07, 6.45) is 5.98. The molecule has 0 saturated heterocycles. The van der Waals surface area contributed by atoms with E-state index in [4.69, 9.17) is 0 Å². The smallest absolute Gasteiger partial charge is 0.329 e. The molecule has 0 unspecified atom stereocenters. The minimum absolute atomic E-state index is 0.210. The van der Waals surface area contributed by atoms with Crippen LogP contribution < -0.4 is 5.32 Å². The van der Waals surface area contributed by atoms with E-state index in [1.165, 1.54) is 0 Å². The van der Waals surface area contributed by atoms with Gasteiger partial charge in [-0.05, 0) is 31.4 Å². The number of carboxylic acid groups (broad SMARTS) is 1. The van der Waals surface area contributed by atoms with E-state index in [-0.39, 0.29) is 12.3 Å². The van der Waals surface area contributed by atoms with E-state index in [0.29, 0.717) is 12.8 Å². The number of benzene rings is 1.